The number of aryl methyl sites for hydroxylation is 1. The molecule has 64 valence electrons. The van der Waals surface area contributed by atoms with Crippen LogP contribution >= 0.6 is 38.5 Å². The molecular formula is C9H8BrIO. The average molecular weight is 339 g/mol. The van der Waals surface area contributed by atoms with E-state index in [1.165, 1.54) is 9.13 Å². The van der Waals surface area contributed by atoms with E-state index in [2.05, 4.69) is 50.7 Å². The molecule has 0 N–H and O–H groups in total. The SMILES string of the molecule is O=CCCc1ccc(Br)cc1I. The van der Waals surface area contributed by atoms with E-state index in [9.17, 15) is 4.79 Å². The Morgan fingerprint density at radius 1 is 1.50 bits per heavy atom. The lowest BCUT2D eigenvalue weighted by Crippen LogP contribution is -1.89. The molecule has 1 aromatic carbocycles. The molecule has 0 spiro atoms. The van der Waals surface area contributed by atoms with Crippen molar-refractivity contribution in [3.63, 3.8) is 0 Å². The Labute approximate surface area is 93.8 Å². The number of hydrogen-bond acceptors (Lipinski definition) is 1. The minimum absolute atomic E-state index is 0.609. The van der Waals surface area contributed by atoms with Crippen molar-refractivity contribution in [3.8, 4) is 0 Å². The van der Waals surface area contributed by atoms with E-state index < -0.39 is 0 Å². The normalized spacial score (nSPS) is 9.83. The summed E-state index contributed by atoms with van der Waals surface area (Å²) in [7, 11) is 0. The summed E-state index contributed by atoms with van der Waals surface area (Å²) in [6, 6.07) is 6.11. The second-order valence-electron chi connectivity index (χ2n) is 2.44. The van der Waals surface area contributed by atoms with Gasteiger partial charge in [0.1, 0.15) is 6.29 Å². The van der Waals surface area contributed by atoms with Crippen LogP contribution in [0.1, 0.15) is 12.0 Å². The van der Waals surface area contributed by atoms with Crippen LogP contribution < -0.4 is 0 Å². The van der Waals surface area contributed by atoms with Gasteiger partial charge in [0, 0.05) is 14.5 Å². The zero-order chi connectivity index (χ0) is 8.97. The molecule has 0 aliphatic carbocycles. The molecule has 12 heavy (non-hydrogen) atoms. The van der Waals surface area contributed by atoms with Crippen molar-refractivity contribution in [2.45, 2.75) is 12.8 Å². The summed E-state index contributed by atoms with van der Waals surface area (Å²) in [6.07, 6.45) is 2.41. The minimum atomic E-state index is 0.609. The zero-order valence-corrected chi connectivity index (χ0v) is 10.1. The lowest BCUT2D eigenvalue weighted by Gasteiger charge is -2.01. The van der Waals surface area contributed by atoms with Crippen LogP contribution in [-0.4, -0.2) is 6.29 Å². The van der Waals surface area contributed by atoms with Crippen LogP contribution in [0.5, 0.6) is 0 Å². The first-order valence-corrected chi connectivity index (χ1v) is 5.49. The number of carbonyl (C=O) groups excluding carboxylic acids is 1. The summed E-state index contributed by atoms with van der Waals surface area (Å²) in [5.41, 5.74) is 1.24. The van der Waals surface area contributed by atoms with Crippen molar-refractivity contribution in [1.82, 2.24) is 0 Å². The first-order chi connectivity index (χ1) is 5.74. The summed E-state index contributed by atoms with van der Waals surface area (Å²) in [5, 5.41) is 0. The Kier molecular flexibility index (Phi) is 4.21. The molecule has 0 aromatic heterocycles. The lowest BCUT2D eigenvalue weighted by molar-refractivity contribution is -0.107. The fourth-order valence-corrected chi connectivity index (χ4v) is 2.51. The van der Waals surface area contributed by atoms with Crippen LogP contribution in [0.3, 0.4) is 0 Å². The molecular weight excluding hydrogens is 331 g/mol. The average Bonchev–Trinajstić information content (AvgIpc) is 2.03. The predicted molar refractivity (Wildman–Crippen MR) is 61.2 cm³/mol. The van der Waals surface area contributed by atoms with Crippen molar-refractivity contribution in [2.24, 2.45) is 0 Å². The molecule has 0 fully saturated rings. The summed E-state index contributed by atoms with van der Waals surface area (Å²) < 4.78 is 2.30. The molecule has 1 nitrogen and oxygen atoms in total. The molecule has 0 atom stereocenters. The van der Waals surface area contributed by atoms with Gasteiger partial charge >= 0.3 is 0 Å². The van der Waals surface area contributed by atoms with E-state index in [1.807, 2.05) is 6.07 Å². The number of hydrogen-bond donors (Lipinski definition) is 0. The monoisotopic (exact) mass is 338 g/mol. The summed E-state index contributed by atoms with van der Waals surface area (Å²) >= 11 is 5.67. The van der Waals surface area contributed by atoms with Crippen molar-refractivity contribution >= 4 is 44.8 Å². The topological polar surface area (TPSA) is 17.1 Å². The molecule has 0 unspecified atom stereocenters. The largest absolute Gasteiger partial charge is 0.303 e. The second kappa shape index (κ2) is 4.97. The Morgan fingerprint density at radius 2 is 2.25 bits per heavy atom. The highest BCUT2D eigenvalue weighted by molar-refractivity contribution is 14.1. The molecule has 0 aliphatic rings. The molecule has 0 heterocycles. The third-order valence-corrected chi connectivity index (χ3v) is 3.04. The Hall–Kier alpha value is 0.1000. The third-order valence-electron chi connectivity index (χ3n) is 1.55. The van der Waals surface area contributed by atoms with Crippen molar-refractivity contribution in [3.05, 3.63) is 31.8 Å². The number of benzene rings is 1. The molecule has 3 heteroatoms. The number of halogens is 2. The van der Waals surface area contributed by atoms with Crippen LogP contribution in [0.15, 0.2) is 22.7 Å². The lowest BCUT2D eigenvalue weighted by atomic mass is 10.1. The van der Waals surface area contributed by atoms with Gasteiger partial charge in [-0.3, -0.25) is 0 Å². The molecule has 0 radical (unpaired) electrons. The van der Waals surface area contributed by atoms with E-state index >= 15 is 0 Å². The fourth-order valence-electron chi connectivity index (χ4n) is 0.939. The summed E-state index contributed by atoms with van der Waals surface area (Å²) in [6.45, 7) is 0. The number of aldehydes is 1. The van der Waals surface area contributed by atoms with Gasteiger partial charge in [-0.15, -0.1) is 0 Å². The van der Waals surface area contributed by atoms with E-state index in [0.717, 1.165) is 17.2 Å². The molecule has 1 aromatic rings. The van der Waals surface area contributed by atoms with Gasteiger partial charge in [-0.1, -0.05) is 22.0 Å². The molecule has 1 rings (SSSR count). The van der Waals surface area contributed by atoms with Gasteiger partial charge in [0.25, 0.3) is 0 Å². The highest BCUT2D eigenvalue weighted by atomic mass is 127. The standard InChI is InChI=1S/C9H8BrIO/c10-8-4-3-7(2-1-5-12)9(11)6-8/h3-6H,1-2H2. The first kappa shape index (κ1) is 10.2. The van der Waals surface area contributed by atoms with Gasteiger partial charge in [-0.05, 0) is 46.7 Å². The van der Waals surface area contributed by atoms with Gasteiger partial charge in [0.05, 0.1) is 0 Å². The predicted octanol–water partition coefficient (Wildman–Crippen LogP) is 3.19. The molecule has 0 amide bonds. The van der Waals surface area contributed by atoms with E-state index in [4.69, 9.17) is 0 Å². The third kappa shape index (κ3) is 2.86. The van der Waals surface area contributed by atoms with Gasteiger partial charge in [0.2, 0.25) is 0 Å². The second-order valence-corrected chi connectivity index (χ2v) is 4.52. The Bertz CT molecular complexity index is 286. The van der Waals surface area contributed by atoms with E-state index in [-0.39, 0.29) is 0 Å². The number of rotatable bonds is 3. The van der Waals surface area contributed by atoms with Crippen LogP contribution in [0.2, 0.25) is 0 Å². The maximum Gasteiger partial charge on any atom is 0.120 e. The van der Waals surface area contributed by atoms with Gasteiger partial charge in [-0.2, -0.15) is 0 Å². The van der Waals surface area contributed by atoms with Crippen LogP contribution in [0.4, 0.5) is 0 Å². The summed E-state index contributed by atoms with van der Waals surface area (Å²) in [5.74, 6) is 0. The van der Waals surface area contributed by atoms with Crippen molar-refractivity contribution < 1.29 is 4.79 Å². The highest BCUT2D eigenvalue weighted by Gasteiger charge is 1.99. The fraction of sp³-hybridized carbons (Fsp3) is 0.222. The first-order valence-electron chi connectivity index (χ1n) is 3.61. The Balaban J connectivity index is 2.78. The van der Waals surface area contributed by atoms with Gasteiger partial charge in [0.15, 0.2) is 0 Å². The van der Waals surface area contributed by atoms with Crippen molar-refractivity contribution in [2.75, 3.05) is 0 Å². The van der Waals surface area contributed by atoms with Gasteiger partial charge < -0.3 is 4.79 Å². The van der Waals surface area contributed by atoms with Gasteiger partial charge in [-0.25, -0.2) is 0 Å². The van der Waals surface area contributed by atoms with Crippen molar-refractivity contribution in [1.29, 1.82) is 0 Å². The van der Waals surface area contributed by atoms with Crippen LogP contribution in [-0.2, 0) is 11.2 Å². The van der Waals surface area contributed by atoms with E-state index in [0.29, 0.717) is 6.42 Å². The molecule has 0 saturated heterocycles. The maximum absolute atomic E-state index is 10.1. The quantitative estimate of drug-likeness (QED) is 0.611. The molecule has 0 saturated carbocycles. The van der Waals surface area contributed by atoms with Crippen LogP contribution in [0.25, 0.3) is 0 Å². The summed E-state index contributed by atoms with van der Waals surface area (Å²) in [4.78, 5) is 10.1. The minimum Gasteiger partial charge on any atom is -0.303 e. The number of carbonyl (C=O) groups is 1. The maximum atomic E-state index is 10.1. The zero-order valence-electron chi connectivity index (χ0n) is 6.39. The van der Waals surface area contributed by atoms with Crippen LogP contribution in [0, 0.1) is 3.57 Å². The highest BCUT2D eigenvalue weighted by Crippen LogP contribution is 2.19. The van der Waals surface area contributed by atoms with E-state index in [1.54, 1.807) is 0 Å². The molecule has 0 aliphatic heterocycles. The Morgan fingerprint density at radius 3 is 2.83 bits per heavy atom. The molecule has 0 bridgehead atoms. The smallest absolute Gasteiger partial charge is 0.120 e.